The number of thiophene rings is 1. The molecule has 0 aromatic carbocycles. The summed E-state index contributed by atoms with van der Waals surface area (Å²) < 4.78 is 28.9. The average molecular weight is 437 g/mol. The highest BCUT2D eigenvalue weighted by molar-refractivity contribution is 7.10. The summed E-state index contributed by atoms with van der Waals surface area (Å²) in [6.07, 6.45) is 1.19. The summed E-state index contributed by atoms with van der Waals surface area (Å²) in [5.74, 6) is 0. The topological polar surface area (TPSA) is 75.3 Å². The maximum absolute atomic E-state index is 12.2. The summed E-state index contributed by atoms with van der Waals surface area (Å²) in [6, 6.07) is 2.03. The Morgan fingerprint density at radius 3 is 2.40 bits per heavy atom. The van der Waals surface area contributed by atoms with E-state index in [1.54, 1.807) is 11.3 Å². The highest BCUT2D eigenvalue weighted by Gasteiger charge is 2.52. The molecular formula is C21H32BNO6S. The number of alkyl carbamates (subject to hydrolysis) is 1. The first-order valence-electron chi connectivity index (χ1n) is 10.2. The molecule has 2 fully saturated rings. The van der Waals surface area contributed by atoms with E-state index in [-0.39, 0.29) is 12.8 Å². The Balaban J connectivity index is 1.79. The monoisotopic (exact) mass is 437 g/mol. The second-order valence-electron chi connectivity index (χ2n) is 9.52. The first-order chi connectivity index (χ1) is 13.9. The Bertz CT molecular complexity index is 776. The zero-order valence-corrected chi connectivity index (χ0v) is 19.7. The van der Waals surface area contributed by atoms with Crippen LogP contribution in [-0.4, -0.2) is 49.8 Å². The minimum absolute atomic E-state index is 0.243. The molecule has 0 unspecified atom stereocenters. The predicted octanol–water partition coefficient (Wildman–Crippen LogP) is 4.33. The van der Waals surface area contributed by atoms with E-state index in [1.807, 2.05) is 66.0 Å². The molecule has 2 aliphatic rings. The van der Waals surface area contributed by atoms with Gasteiger partial charge in [0.1, 0.15) is 5.60 Å². The molecule has 3 rings (SSSR count). The maximum Gasteiger partial charge on any atom is 0.492 e. The summed E-state index contributed by atoms with van der Waals surface area (Å²) in [6.45, 7) is 15.0. The number of carbonyl (C=O) groups excluding carboxylic acids is 1. The van der Waals surface area contributed by atoms with Crippen LogP contribution in [0.2, 0.25) is 0 Å². The molecule has 7 nitrogen and oxygen atoms in total. The summed E-state index contributed by atoms with van der Waals surface area (Å²) in [7, 11) is -0.577. The van der Waals surface area contributed by atoms with E-state index in [0.29, 0.717) is 13.2 Å². The van der Waals surface area contributed by atoms with Gasteiger partial charge in [0, 0.05) is 6.54 Å². The SMILES string of the molecule is CC(C)(C)OC(=O)NCC(=Cc1csc(C2OCCO2)c1)B1OC(C)(C)C(C)(C)O1. The highest BCUT2D eigenvalue weighted by Crippen LogP contribution is 2.39. The lowest BCUT2D eigenvalue weighted by Crippen LogP contribution is -2.41. The molecule has 0 spiro atoms. The number of rotatable bonds is 5. The van der Waals surface area contributed by atoms with Gasteiger partial charge in [-0.25, -0.2) is 4.79 Å². The predicted molar refractivity (Wildman–Crippen MR) is 117 cm³/mol. The van der Waals surface area contributed by atoms with Crippen LogP contribution in [0, 0.1) is 0 Å². The van der Waals surface area contributed by atoms with Gasteiger partial charge in [0.15, 0.2) is 6.29 Å². The van der Waals surface area contributed by atoms with Crippen molar-refractivity contribution < 1.29 is 28.3 Å². The summed E-state index contributed by atoms with van der Waals surface area (Å²) in [5.41, 5.74) is 0.256. The Morgan fingerprint density at radius 2 is 1.83 bits per heavy atom. The third-order valence-corrected chi connectivity index (χ3v) is 6.21. The van der Waals surface area contributed by atoms with Crippen molar-refractivity contribution in [3.63, 3.8) is 0 Å². The lowest BCUT2D eigenvalue weighted by Gasteiger charge is -2.32. The fraction of sp³-hybridized carbons (Fsp3) is 0.667. The van der Waals surface area contributed by atoms with Crippen molar-refractivity contribution in [2.45, 2.75) is 71.6 Å². The number of ether oxygens (including phenoxy) is 3. The van der Waals surface area contributed by atoms with Crippen molar-refractivity contribution in [3.8, 4) is 0 Å². The van der Waals surface area contributed by atoms with Crippen molar-refractivity contribution >= 4 is 30.6 Å². The van der Waals surface area contributed by atoms with Crippen LogP contribution < -0.4 is 5.32 Å². The maximum atomic E-state index is 12.2. The lowest BCUT2D eigenvalue weighted by molar-refractivity contribution is -0.0413. The molecule has 0 radical (unpaired) electrons. The van der Waals surface area contributed by atoms with Crippen LogP contribution in [0.1, 0.15) is 65.2 Å². The molecule has 1 aromatic rings. The van der Waals surface area contributed by atoms with Crippen molar-refractivity contribution in [1.29, 1.82) is 0 Å². The van der Waals surface area contributed by atoms with Crippen LogP contribution in [0.15, 0.2) is 16.9 Å². The second-order valence-corrected chi connectivity index (χ2v) is 10.5. The average Bonchev–Trinajstić information content (AvgIpc) is 3.30. The van der Waals surface area contributed by atoms with E-state index in [2.05, 4.69) is 5.32 Å². The third-order valence-electron chi connectivity index (χ3n) is 5.24. The van der Waals surface area contributed by atoms with Crippen molar-refractivity contribution in [2.75, 3.05) is 19.8 Å². The Hall–Kier alpha value is -1.39. The third kappa shape index (κ3) is 5.65. The molecule has 3 heterocycles. The van der Waals surface area contributed by atoms with Gasteiger partial charge in [-0.15, -0.1) is 11.3 Å². The van der Waals surface area contributed by atoms with Crippen LogP contribution in [0.25, 0.3) is 6.08 Å². The van der Waals surface area contributed by atoms with Crippen molar-refractivity contribution in [1.82, 2.24) is 5.32 Å². The van der Waals surface area contributed by atoms with Crippen LogP contribution >= 0.6 is 11.3 Å². The molecule has 1 N–H and O–H groups in total. The van der Waals surface area contributed by atoms with E-state index in [0.717, 1.165) is 15.9 Å². The molecule has 2 saturated heterocycles. The molecule has 9 heteroatoms. The fourth-order valence-electron chi connectivity index (χ4n) is 2.99. The minimum Gasteiger partial charge on any atom is -0.444 e. The van der Waals surface area contributed by atoms with Gasteiger partial charge in [-0.3, -0.25) is 0 Å². The zero-order chi connectivity index (χ0) is 22.2. The number of nitrogens with one attached hydrogen (secondary N) is 1. The van der Waals surface area contributed by atoms with E-state index >= 15 is 0 Å². The first kappa shape index (κ1) is 23.3. The van der Waals surface area contributed by atoms with Gasteiger partial charge in [0.25, 0.3) is 0 Å². The Kier molecular flexibility index (Phi) is 6.70. The van der Waals surface area contributed by atoms with Crippen LogP contribution in [0.5, 0.6) is 0 Å². The molecule has 0 bridgehead atoms. The van der Waals surface area contributed by atoms with Gasteiger partial charge < -0.3 is 28.8 Å². The van der Waals surface area contributed by atoms with Crippen LogP contribution in [0.4, 0.5) is 4.79 Å². The molecule has 0 atom stereocenters. The van der Waals surface area contributed by atoms with E-state index < -0.39 is 30.0 Å². The summed E-state index contributed by atoms with van der Waals surface area (Å²) in [4.78, 5) is 13.2. The second kappa shape index (κ2) is 8.63. The van der Waals surface area contributed by atoms with E-state index in [1.165, 1.54) is 0 Å². The minimum atomic E-state index is -0.577. The number of hydrogen-bond donors (Lipinski definition) is 1. The van der Waals surface area contributed by atoms with Gasteiger partial charge in [0.05, 0.1) is 29.3 Å². The Morgan fingerprint density at radius 1 is 1.23 bits per heavy atom. The van der Waals surface area contributed by atoms with Gasteiger partial charge >= 0.3 is 13.2 Å². The largest absolute Gasteiger partial charge is 0.492 e. The van der Waals surface area contributed by atoms with E-state index in [4.69, 9.17) is 23.5 Å². The van der Waals surface area contributed by atoms with E-state index in [9.17, 15) is 4.79 Å². The molecule has 0 saturated carbocycles. The molecule has 0 aliphatic carbocycles. The molecule has 166 valence electrons. The van der Waals surface area contributed by atoms with Gasteiger partial charge in [-0.2, -0.15) is 0 Å². The highest BCUT2D eigenvalue weighted by atomic mass is 32.1. The standard InChI is InChI=1S/C21H32BNO6S/c1-19(2,3)27-18(24)23-12-15(22-28-20(4,5)21(6,7)29-22)10-14-11-16(30-13-14)17-25-8-9-26-17/h10-11,13,17H,8-9,12H2,1-7H3,(H,23,24). The van der Waals surface area contributed by atoms with Crippen LogP contribution in [0.3, 0.4) is 0 Å². The number of hydrogen-bond acceptors (Lipinski definition) is 7. The number of amides is 1. The zero-order valence-electron chi connectivity index (χ0n) is 18.9. The number of carbonyl (C=O) groups is 1. The summed E-state index contributed by atoms with van der Waals surface area (Å²) in [5, 5.41) is 4.84. The molecule has 2 aliphatic heterocycles. The first-order valence-corrected chi connectivity index (χ1v) is 11.1. The normalized spacial score (nSPS) is 21.8. The van der Waals surface area contributed by atoms with Gasteiger partial charge in [-0.1, -0.05) is 6.08 Å². The van der Waals surface area contributed by atoms with Gasteiger partial charge in [-0.05, 0) is 70.9 Å². The van der Waals surface area contributed by atoms with Crippen LogP contribution in [-0.2, 0) is 23.5 Å². The van der Waals surface area contributed by atoms with Gasteiger partial charge in [0.2, 0.25) is 0 Å². The quantitative estimate of drug-likeness (QED) is 0.691. The van der Waals surface area contributed by atoms with Crippen molar-refractivity contribution in [2.24, 2.45) is 0 Å². The lowest BCUT2D eigenvalue weighted by atomic mass is 9.77. The molecule has 1 amide bonds. The molecule has 30 heavy (non-hydrogen) atoms. The van der Waals surface area contributed by atoms with Crippen molar-refractivity contribution in [3.05, 3.63) is 27.4 Å². The summed E-state index contributed by atoms with van der Waals surface area (Å²) >= 11 is 1.57. The molecular weight excluding hydrogens is 405 g/mol. The molecule has 1 aromatic heterocycles. The smallest absolute Gasteiger partial charge is 0.444 e. The fourth-order valence-corrected chi connectivity index (χ4v) is 3.85. The Labute approximate surface area is 183 Å².